The van der Waals surface area contributed by atoms with E-state index in [9.17, 15) is 9.59 Å². The Hall–Kier alpha value is -2.05. The minimum absolute atomic E-state index is 0.226. The summed E-state index contributed by atoms with van der Waals surface area (Å²) in [6, 6.07) is 3.28. The third-order valence-electron chi connectivity index (χ3n) is 2.38. The highest BCUT2D eigenvalue weighted by Gasteiger charge is 2.15. The van der Waals surface area contributed by atoms with Crippen molar-refractivity contribution < 1.29 is 14.3 Å². The number of amides is 2. The summed E-state index contributed by atoms with van der Waals surface area (Å²) < 4.78 is 5.47. The topological polar surface area (TPSA) is 93.8 Å². The smallest absolute Gasteiger partial charge is 0.329 e. The maximum Gasteiger partial charge on any atom is 0.329 e. The number of carbonyl (C=O) groups excluding carboxylic acids is 2. The van der Waals surface area contributed by atoms with Gasteiger partial charge in [-0.15, -0.1) is 0 Å². The number of ether oxygens (including phenoxy) is 1. The third kappa shape index (κ3) is 3.28. The molecule has 0 fully saturated rings. The Morgan fingerprint density at radius 1 is 1.40 bits per heavy atom. The molecule has 0 bridgehead atoms. The number of fused-ring (bicyclic) bond motifs is 1. The number of nitrogens with two attached hydrogens (primary N) is 1. The number of carbonyl (C=O) groups is 2. The summed E-state index contributed by atoms with van der Waals surface area (Å²) in [6.45, 7) is 0.226. The van der Waals surface area contributed by atoms with E-state index in [0.717, 1.165) is 0 Å². The predicted molar refractivity (Wildman–Crippen MR) is 75.8 cm³/mol. The van der Waals surface area contributed by atoms with Crippen LogP contribution in [-0.2, 0) is 9.59 Å². The van der Waals surface area contributed by atoms with Gasteiger partial charge in [-0.1, -0.05) is 23.2 Å². The minimum Gasteiger partial charge on any atom is -0.487 e. The SMILES string of the molecule is NC(=O)C(=O)N/N=C/C1=Cc2cc(Cl)cc(Cl)c2OC1. The summed E-state index contributed by atoms with van der Waals surface area (Å²) in [5.74, 6) is -1.57. The van der Waals surface area contributed by atoms with E-state index in [1.54, 1.807) is 18.2 Å². The summed E-state index contributed by atoms with van der Waals surface area (Å²) >= 11 is 11.9. The molecule has 8 heteroatoms. The number of primary amides is 1. The van der Waals surface area contributed by atoms with E-state index in [2.05, 4.69) is 5.10 Å². The molecule has 1 aliphatic heterocycles. The highest BCUT2D eigenvalue weighted by molar-refractivity contribution is 6.36. The van der Waals surface area contributed by atoms with Crippen molar-refractivity contribution in [2.75, 3.05) is 6.61 Å². The first-order valence-corrected chi connectivity index (χ1v) is 6.18. The molecule has 0 saturated carbocycles. The molecule has 3 N–H and O–H groups in total. The largest absolute Gasteiger partial charge is 0.487 e. The Bertz CT molecular complexity index is 641. The molecule has 0 unspecified atom stereocenters. The molecule has 1 aromatic rings. The Balaban J connectivity index is 2.15. The van der Waals surface area contributed by atoms with E-state index < -0.39 is 11.8 Å². The van der Waals surface area contributed by atoms with Crippen LogP contribution in [0.15, 0.2) is 22.8 Å². The lowest BCUT2D eigenvalue weighted by Crippen LogP contribution is -2.33. The Morgan fingerprint density at radius 2 is 2.15 bits per heavy atom. The summed E-state index contributed by atoms with van der Waals surface area (Å²) in [6.07, 6.45) is 3.11. The highest BCUT2D eigenvalue weighted by Crippen LogP contribution is 2.36. The fourth-order valence-corrected chi connectivity index (χ4v) is 2.10. The van der Waals surface area contributed by atoms with Crippen LogP contribution in [0.3, 0.4) is 0 Å². The van der Waals surface area contributed by atoms with Gasteiger partial charge in [0.15, 0.2) is 0 Å². The molecule has 0 aromatic heterocycles. The van der Waals surface area contributed by atoms with Crippen LogP contribution >= 0.6 is 23.2 Å². The van der Waals surface area contributed by atoms with Crippen LogP contribution in [0, 0.1) is 0 Å². The summed E-state index contributed by atoms with van der Waals surface area (Å²) in [5, 5.41) is 4.49. The lowest BCUT2D eigenvalue weighted by atomic mass is 10.1. The summed E-state index contributed by atoms with van der Waals surface area (Å²) in [7, 11) is 0. The molecule has 0 atom stereocenters. The first-order chi connectivity index (χ1) is 9.47. The summed E-state index contributed by atoms with van der Waals surface area (Å²) in [5.41, 5.74) is 8.11. The van der Waals surface area contributed by atoms with Crippen LogP contribution in [0.5, 0.6) is 5.75 Å². The van der Waals surface area contributed by atoms with Gasteiger partial charge in [0, 0.05) is 16.2 Å². The number of rotatable bonds is 2. The molecule has 1 heterocycles. The van der Waals surface area contributed by atoms with Gasteiger partial charge in [0.1, 0.15) is 12.4 Å². The van der Waals surface area contributed by atoms with Crippen molar-refractivity contribution in [3.63, 3.8) is 0 Å². The normalized spacial score (nSPS) is 13.4. The van der Waals surface area contributed by atoms with Crippen LogP contribution in [-0.4, -0.2) is 24.6 Å². The minimum atomic E-state index is -1.11. The maximum absolute atomic E-state index is 10.9. The molecule has 2 amide bonds. The maximum atomic E-state index is 10.9. The van der Waals surface area contributed by atoms with Gasteiger partial charge in [-0.3, -0.25) is 9.59 Å². The summed E-state index contributed by atoms with van der Waals surface area (Å²) in [4.78, 5) is 21.4. The van der Waals surface area contributed by atoms with Gasteiger partial charge in [-0.25, -0.2) is 5.43 Å². The van der Waals surface area contributed by atoms with Crippen molar-refractivity contribution in [3.05, 3.63) is 33.3 Å². The quantitative estimate of drug-likeness (QED) is 0.490. The second-order valence-electron chi connectivity index (χ2n) is 3.88. The Morgan fingerprint density at radius 3 is 2.85 bits per heavy atom. The van der Waals surface area contributed by atoms with Gasteiger partial charge < -0.3 is 10.5 Å². The molecule has 0 aliphatic carbocycles. The lowest BCUT2D eigenvalue weighted by molar-refractivity contribution is -0.137. The van der Waals surface area contributed by atoms with Crippen LogP contribution in [0.1, 0.15) is 5.56 Å². The molecule has 0 saturated heterocycles. The Kier molecular flexibility index (Phi) is 4.26. The van der Waals surface area contributed by atoms with Crippen LogP contribution in [0.25, 0.3) is 6.08 Å². The van der Waals surface area contributed by atoms with Gasteiger partial charge in [-0.05, 0) is 18.2 Å². The van der Waals surface area contributed by atoms with E-state index in [0.29, 0.717) is 26.9 Å². The van der Waals surface area contributed by atoms with Crippen LogP contribution in [0.4, 0.5) is 0 Å². The number of benzene rings is 1. The van der Waals surface area contributed by atoms with Crippen LogP contribution in [0.2, 0.25) is 10.0 Å². The van der Waals surface area contributed by atoms with Crippen molar-refractivity contribution >= 4 is 47.3 Å². The molecule has 2 rings (SSSR count). The first-order valence-electron chi connectivity index (χ1n) is 5.42. The van der Waals surface area contributed by atoms with E-state index >= 15 is 0 Å². The molecule has 0 spiro atoms. The monoisotopic (exact) mass is 313 g/mol. The molecular weight excluding hydrogens is 305 g/mol. The zero-order valence-corrected chi connectivity index (χ0v) is 11.5. The molecule has 0 radical (unpaired) electrons. The molecule has 20 heavy (non-hydrogen) atoms. The number of hydrogen-bond donors (Lipinski definition) is 2. The second-order valence-corrected chi connectivity index (χ2v) is 4.72. The lowest BCUT2D eigenvalue weighted by Gasteiger charge is -2.17. The fraction of sp³-hybridized carbons (Fsp3) is 0.0833. The highest BCUT2D eigenvalue weighted by atomic mass is 35.5. The second kappa shape index (κ2) is 5.94. The van der Waals surface area contributed by atoms with E-state index in [1.807, 2.05) is 5.43 Å². The molecular formula is C12H9Cl2N3O3. The number of hydrogen-bond acceptors (Lipinski definition) is 4. The zero-order chi connectivity index (χ0) is 14.7. The Labute approximate surface area is 124 Å². The average Bonchev–Trinajstić information content (AvgIpc) is 2.37. The molecule has 1 aliphatic rings. The van der Waals surface area contributed by atoms with Crippen molar-refractivity contribution in [3.8, 4) is 5.75 Å². The van der Waals surface area contributed by atoms with Gasteiger partial charge in [0.25, 0.3) is 0 Å². The van der Waals surface area contributed by atoms with E-state index in [4.69, 9.17) is 33.7 Å². The van der Waals surface area contributed by atoms with Crippen molar-refractivity contribution in [2.24, 2.45) is 10.8 Å². The average molecular weight is 314 g/mol. The van der Waals surface area contributed by atoms with E-state index in [1.165, 1.54) is 6.21 Å². The predicted octanol–water partition coefficient (Wildman–Crippen LogP) is 1.36. The number of nitrogens with zero attached hydrogens (tertiary/aromatic N) is 1. The molecule has 1 aromatic carbocycles. The molecule has 6 nitrogen and oxygen atoms in total. The van der Waals surface area contributed by atoms with Crippen LogP contribution < -0.4 is 15.9 Å². The van der Waals surface area contributed by atoms with Gasteiger partial charge in [0.05, 0.1) is 11.2 Å². The van der Waals surface area contributed by atoms with Crippen molar-refractivity contribution in [1.82, 2.24) is 5.43 Å². The number of halogens is 2. The molecule has 104 valence electrons. The standard InChI is InChI=1S/C12H9Cl2N3O3/c13-8-2-7-1-6(4-16-17-12(19)11(15)18)5-20-10(7)9(14)3-8/h1-4H,5H2,(H2,15,18)(H,17,19)/b16-4+. The third-order valence-corrected chi connectivity index (χ3v) is 2.88. The number of nitrogens with one attached hydrogen (secondary N) is 1. The fourth-order valence-electron chi connectivity index (χ4n) is 1.54. The number of hydrazone groups is 1. The van der Waals surface area contributed by atoms with E-state index in [-0.39, 0.29) is 6.61 Å². The van der Waals surface area contributed by atoms with Gasteiger partial charge in [0.2, 0.25) is 0 Å². The first kappa shape index (κ1) is 14.4. The van der Waals surface area contributed by atoms with Gasteiger partial charge in [-0.2, -0.15) is 5.10 Å². The van der Waals surface area contributed by atoms with Gasteiger partial charge >= 0.3 is 11.8 Å². The van der Waals surface area contributed by atoms with Crippen molar-refractivity contribution in [2.45, 2.75) is 0 Å². The van der Waals surface area contributed by atoms with Crippen molar-refractivity contribution in [1.29, 1.82) is 0 Å². The zero-order valence-electron chi connectivity index (χ0n) is 10.0.